The highest BCUT2D eigenvalue weighted by molar-refractivity contribution is 5.82. The van der Waals surface area contributed by atoms with Crippen LogP contribution >= 0.6 is 0 Å². The minimum Gasteiger partial charge on any atom is -0.369 e. The van der Waals surface area contributed by atoms with E-state index in [1.807, 2.05) is 12.1 Å². The molecule has 1 aliphatic heterocycles. The quantitative estimate of drug-likeness (QED) is 0.382. The Bertz CT molecular complexity index is 720. The number of benzene rings is 1. The molecule has 0 amide bonds. The molecule has 0 spiro atoms. The Morgan fingerprint density at radius 2 is 2.00 bits per heavy atom. The van der Waals surface area contributed by atoms with Gasteiger partial charge in [0.1, 0.15) is 6.20 Å². The van der Waals surface area contributed by atoms with Crippen LogP contribution in [-0.4, -0.2) is 16.7 Å². The van der Waals surface area contributed by atoms with E-state index in [9.17, 15) is 0 Å². The number of rotatable bonds is 3. The van der Waals surface area contributed by atoms with Gasteiger partial charge in [-0.15, -0.1) is 5.10 Å². The zero-order valence-electron chi connectivity index (χ0n) is 12.7. The third-order valence-electron chi connectivity index (χ3n) is 3.99. The van der Waals surface area contributed by atoms with E-state index in [0.29, 0.717) is 0 Å². The Balaban J connectivity index is 1.86. The molecule has 4 N–H and O–H groups in total. The molecule has 0 saturated heterocycles. The number of aromatic nitrogens is 2. The normalized spacial score (nSPS) is 14.0. The topological polar surface area (TPSA) is 85.6 Å². The van der Waals surface area contributed by atoms with Gasteiger partial charge in [-0.3, -0.25) is 0 Å². The van der Waals surface area contributed by atoms with Crippen molar-refractivity contribution in [3.63, 3.8) is 0 Å². The number of imidazole rings is 1. The van der Waals surface area contributed by atoms with Gasteiger partial charge in [-0.1, -0.05) is 12.1 Å². The van der Waals surface area contributed by atoms with E-state index < -0.39 is 0 Å². The van der Waals surface area contributed by atoms with E-state index in [2.05, 4.69) is 44.7 Å². The van der Waals surface area contributed by atoms with Gasteiger partial charge in [0.05, 0.1) is 19.8 Å². The van der Waals surface area contributed by atoms with Crippen molar-refractivity contribution in [1.29, 1.82) is 0 Å². The summed E-state index contributed by atoms with van der Waals surface area (Å²) in [6.45, 7) is 1.12. The Labute approximate surface area is 129 Å². The summed E-state index contributed by atoms with van der Waals surface area (Å²) in [7, 11) is 2.14. The van der Waals surface area contributed by atoms with Crippen LogP contribution in [0.15, 0.2) is 40.7 Å². The number of nitrogens with zero attached hydrogens (tertiary/aromatic N) is 4. The molecule has 2 aromatic rings. The van der Waals surface area contributed by atoms with Crippen LogP contribution in [0.4, 0.5) is 0 Å². The van der Waals surface area contributed by atoms with Crippen LogP contribution in [0.3, 0.4) is 0 Å². The van der Waals surface area contributed by atoms with E-state index >= 15 is 0 Å². The number of nitrogens with two attached hydrogens (primary N) is 2. The van der Waals surface area contributed by atoms with Crippen molar-refractivity contribution < 1.29 is 4.57 Å². The van der Waals surface area contributed by atoms with E-state index in [4.69, 9.17) is 11.5 Å². The first-order valence-corrected chi connectivity index (χ1v) is 7.45. The van der Waals surface area contributed by atoms with Crippen LogP contribution < -0.4 is 16.0 Å². The number of guanidine groups is 1. The molecular formula is C16H21N6+. The highest BCUT2D eigenvalue weighted by Gasteiger charge is 2.23. The summed E-state index contributed by atoms with van der Waals surface area (Å²) < 4.78 is 4.66. The second kappa shape index (κ2) is 6.01. The molecule has 0 atom stereocenters. The molecular weight excluding hydrogens is 276 g/mol. The van der Waals surface area contributed by atoms with Crippen molar-refractivity contribution in [3.05, 3.63) is 41.9 Å². The van der Waals surface area contributed by atoms with Gasteiger partial charge >= 0.3 is 0 Å². The Morgan fingerprint density at radius 3 is 2.68 bits per heavy atom. The Hall–Kier alpha value is -2.63. The Morgan fingerprint density at radius 1 is 1.23 bits per heavy atom. The van der Waals surface area contributed by atoms with Gasteiger partial charge in [0.2, 0.25) is 5.96 Å². The fourth-order valence-electron chi connectivity index (χ4n) is 2.88. The van der Waals surface area contributed by atoms with E-state index in [1.165, 1.54) is 29.9 Å². The molecule has 0 bridgehead atoms. The zero-order valence-corrected chi connectivity index (χ0v) is 12.7. The smallest absolute Gasteiger partial charge is 0.256 e. The average Bonchev–Trinajstić information content (AvgIpc) is 2.85. The fourth-order valence-corrected chi connectivity index (χ4v) is 2.88. The lowest BCUT2D eigenvalue weighted by Crippen LogP contribution is -2.39. The lowest BCUT2D eigenvalue weighted by molar-refractivity contribution is -0.708. The molecule has 2 heterocycles. The van der Waals surface area contributed by atoms with Crippen LogP contribution in [-0.2, 0) is 20.0 Å². The lowest BCUT2D eigenvalue weighted by Gasteiger charge is -2.07. The van der Waals surface area contributed by atoms with Crippen molar-refractivity contribution in [2.45, 2.75) is 25.8 Å². The lowest BCUT2D eigenvalue weighted by atomic mass is 10.1. The SMILES string of the molecule is Cn1c(-c2ccc(/C=N/N=C(N)N)cc2)c[n+]2c1CCCC2. The molecule has 3 rings (SSSR count). The fraction of sp³-hybridized carbons (Fsp3) is 0.312. The van der Waals surface area contributed by atoms with Gasteiger partial charge < -0.3 is 11.5 Å². The van der Waals surface area contributed by atoms with Crippen molar-refractivity contribution in [2.24, 2.45) is 28.7 Å². The highest BCUT2D eigenvalue weighted by Crippen LogP contribution is 2.21. The van der Waals surface area contributed by atoms with Crippen LogP contribution in [0.25, 0.3) is 11.3 Å². The number of aryl methyl sites for hydroxylation is 1. The molecule has 0 fully saturated rings. The van der Waals surface area contributed by atoms with Gasteiger partial charge in [0.15, 0.2) is 5.69 Å². The van der Waals surface area contributed by atoms with Gasteiger partial charge in [-0.25, -0.2) is 9.13 Å². The summed E-state index contributed by atoms with van der Waals surface area (Å²) in [6.07, 6.45) is 7.57. The number of fused-ring (bicyclic) bond motifs is 1. The molecule has 6 nitrogen and oxygen atoms in total. The Kier molecular flexibility index (Phi) is 3.91. The minimum atomic E-state index is -0.0423. The first-order chi connectivity index (χ1) is 10.6. The number of hydrogen-bond donors (Lipinski definition) is 2. The molecule has 1 aliphatic rings. The maximum absolute atomic E-state index is 5.23. The molecule has 0 aliphatic carbocycles. The second-order valence-corrected chi connectivity index (χ2v) is 5.53. The molecule has 0 radical (unpaired) electrons. The zero-order chi connectivity index (χ0) is 15.5. The molecule has 1 aromatic heterocycles. The van der Waals surface area contributed by atoms with Crippen LogP contribution in [0, 0.1) is 0 Å². The predicted octanol–water partition coefficient (Wildman–Crippen LogP) is 0.923. The van der Waals surface area contributed by atoms with E-state index in [0.717, 1.165) is 18.5 Å². The second-order valence-electron chi connectivity index (χ2n) is 5.53. The number of hydrogen-bond acceptors (Lipinski definition) is 2. The van der Waals surface area contributed by atoms with E-state index in [-0.39, 0.29) is 5.96 Å². The van der Waals surface area contributed by atoms with Crippen molar-refractivity contribution >= 4 is 12.2 Å². The maximum Gasteiger partial charge on any atom is 0.256 e. The first kappa shape index (κ1) is 14.3. The van der Waals surface area contributed by atoms with Crippen molar-refractivity contribution in [3.8, 4) is 11.3 Å². The van der Waals surface area contributed by atoms with E-state index in [1.54, 1.807) is 6.21 Å². The summed E-state index contributed by atoms with van der Waals surface area (Å²) in [6, 6.07) is 8.21. The van der Waals surface area contributed by atoms with Crippen molar-refractivity contribution in [2.75, 3.05) is 0 Å². The van der Waals surface area contributed by atoms with Crippen LogP contribution in [0.1, 0.15) is 24.2 Å². The molecule has 22 heavy (non-hydrogen) atoms. The maximum atomic E-state index is 5.23. The van der Waals surface area contributed by atoms with Gasteiger partial charge in [-0.2, -0.15) is 5.10 Å². The standard InChI is InChI=1S/C16H21N6/c1-21-14(11-22-9-3-2-4-15(21)22)13-7-5-12(6-8-13)10-19-20-16(17)18/h5-8,10-11H,2-4,9H2,1H3,(H4,17,18,20)/q+1/b19-10+. The van der Waals surface area contributed by atoms with Crippen LogP contribution in [0.2, 0.25) is 0 Å². The third kappa shape index (κ3) is 2.86. The third-order valence-corrected chi connectivity index (χ3v) is 3.99. The summed E-state index contributed by atoms with van der Waals surface area (Å²) >= 11 is 0. The minimum absolute atomic E-state index is 0.0423. The first-order valence-electron chi connectivity index (χ1n) is 7.45. The van der Waals surface area contributed by atoms with Gasteiger partial charge in [0, 0.05) is 12.0 Å². The largest absolute Gasteiger partial charge is 0.369 e. The van der Waals surface area contributed by atoms with Gasteiger partial charge in [-0.05, 0) is 30.5 Å². The molecule has 114 valence electrons. The summed E-state index contributed by atoms with van der Waals surface area (Å²) in [5, 5.41) is 7.41. The summed E-state index contributed by atoms with van der Waals surface area (Å²) in [4.78, 5) is 0. The highest BCUT2D eigenvalue weighted by atomic mass is 15.3. The monoisotopic (exact) mass is 297 g/mol. The summed E-state index contributed by atoms with van der Waals surface area (Å²) in [5.41, 5.74) is 13.9. The van der Waals surface area contributed by atoms with Crippen LogP contribution in [0.5, 0.6) is 0 Å². The van der Waals surface area contributed by atoms with Gasteiger partial charge in [0.25, 0.3) is 5.82 Å². The van der Waals surface area contributed by atoms with Crippen molar-refractivity contribution in [1.82, 2.24) is 4.57 Å². The predicted molar refractivity (Wildman–Crippen MR) is 87.4 cm³/mol. The summed E-state index contributed by atoms with van der Waals surface area (Å²) in [5.74, 6) is 1.36. The molecule has 6 heteroatoms. The average molecular weight is 297 g/mol. The molecule has 0 saturated carbocycles. The molecule has 1 aromatic carbocycles. The molecule has 0 unspecified atom stereocenters.